The van der Waals surface area contributed by atoms with Crippen molar-refractivity contribution >= 4 is 0 Å². The van der Waals surface area contributed by atoms with Crippen molar-refractivity contribution in [2.75, 3.05) is 13.2 Å². The number of hydrogen-bond acceptors (Lipinski definition) is 4. The van der Waals surface area contributed by atoms with Crippen molar-refractivity contribution in [2.24, 2.45) is 11.7 Å². The highest BCUT2D eigenvalue weighted by Gasteiger charge is 2.18. The van der Waals surface area contributed by atoms with Gasteiger partial charge in [0.1, 0.15) is 17.3 Å². The maximum atomic E-state index is 9.27. The highest BCUT2D eigenvalue weighted by atomic mass is 16.5. The van der Waals surface area contributed by atoms with Crippen LogP contribution in [0.25, 0.3) is 11.3 Å². The molecule has 1 aromatic heterocycles. The molecule has 4 nitrogen and oxygen atoms in total. The molecule has 0 radical (unpaired) electrons. The van der Waals surface area contributed by atoms with Crippen molar-refractivity contribution in [1.82, 2.24) is 0 Å². The van der Waals surface area contributed by atoms with Crippen molar-refractivity contribution in [3.63, 3.8) is 0 Å². The molecule has 27 heavy (non-hydrogen) atoms. The molecule has 4 heteroatoms. The van der Waals surface area contributed by atoms with Gasteiger partial charge in [0.25, 0.3) is 0 Å². The summed E-state index contributed by atoms with van der Waals surface area (Å²) < 4.78 is 12.0. The third kappa shape index (κ3) is 6.12. The normalized spacial score (nSPS) is 17.6. The van der Waals surface area contributed by atoms with Gasteiger partial charge in [-0.2, -0.15) is 0 Å². The summed E-state index contributed by atoms with van der Waals surface area (Å²) in [4.78, 5) is 0. The molecular formula is C23H33NO3. The minimum Gasteiger partial charge on any atom is -0.494 e. The molecule has 1 aliphatic rings. The Morgan fingerprint density at radius 2 is 2.00 bits per heavy atom. The van der Waals surface area contributed by atoms with Crippen molar-refractivity contribution in [3.8, 4) is 17.1 Å². The smallest absolute Gasteiger partial charge is 0.134 e. The molecule has 1 atom stereocenters. The van der Waals surface area contributed by atoms with Gasteiger partial charge < -0.3 is 20.0 Å². The molecule has 1 saturated carbocycles. The minimum atomic E-state index is -0.570. The number of rotatable bonds is 9. The number of aliphatic hydroxyl groups excluding tert-OH is 1. The molecule has 1 heterocycles. The van der Waals surface area contributed by atoms with Gasteiger partial charge >= 0.3 is 0 Å². The maximum absolute atomic E-state index is 9.27. The number of aliphatic hydroxyl groups is 1. The van der Waals surface area contributed by atoms with Crippen LogP contribution in [0.5, 0.6) is 5.75 Å². The zero-order valence-electron chi connectivity index (χ0n) is 16.5. The van der Waals surface area contributed by atoms with Crippen LogP contribution in [0.1, 0.15) is 57.6 Å². The molecule has 3 N–H and O–H groups in total. The fraction of sp³-hybridized carbons (Fsp3) is 0.565. The Morgan fingerprint density at radius 1 is 1.19 bits per heavy atom. The summed E-state index contributed by atoms with van der Waals surface area (Å²) >= 11 is 0. The van der Waals surface area contributed by atoms with Crippen LogP contribution in [0.2, 0.25) is 0 Å². The second-order valence-corrected chi connectivity index (χ2v) is 8.25. The Balaban J connectivity index is 1.53. The van der Waals surface area contributed by atoms with Crippen LogP contribution < -0.4 is 10.5 Å². The van der Waals surface area contributed by atoms with E-state index in [9.17, 15) is 5.11 Å². The first-order valence-electron chi connectivity index (χ1n) is 10.3. The van der Waals surface area contributed by atoms with E-state index in [0.717, 1.165) is 41.8 Å². The van der Waals surface area contributed by atoms with Gasteiger partial charge in [0.2, 0.25) is 0 Å². The van der Waals surface area contributed by atoms with Gasteiger partial charge in [-0.1, -0.05) is 44.2 Å². The van der Waals surface area contributed by atoms with Crippen LogP contribution in [0.3, 0.4) is 0 Å². The summed E-state index contributed by atoms with van der Waals surface area (Å²) in [5.41, 5.74) is 6.45. The zero-order chi connectivity index (χ0) is 19.1. The summed E-state index contributed by atoms with van der Waals surface area (Å²) in [6.45, 7) is 2.61. The number of aryl methyl sites for hydroxylation is 1. The van der Waals surface area contributed by atoms with Crippen LogP contribution in [0, 0.1) is 5.92 Å². The van der Waals surface area contributed by atoms with Gasteiger partial charge in [-0.05, 0) is 49.9 Å². The van der Waals surface area contributed by atoms with E-state index in [1.807, 2.05) is 43.3 Å². The van der Waals surface area contributed by atoms with Crippen molar-refractivity contribution in [3.05, 3.63) is 42.2 Å². The summed E-state index contributed by atoms with van der Waals surface area (Å²) in [7, 11) is 0. The van der Waals surface area contributed by atoms with Crippen LogP contribution in [-0.2, 0) is 6.42 Å². The van der Waals surface area contributed by atoms with Crippen LogP contribution >= 0.6 is 0 Å². The minimum absolute atomic E-state index is 0.0270. The standard InChI is InChI=1S/C23H33NO3/c1-23(24,17-25)14-12-20-10-11-22(27-20)19-8-5-9-21(16-19)26-15-13-18-6-3-2-4-7-18/h5,8-11,16,18,25H,2-4,6-7,12-15,17,24H2,1H3/t23-/m1/s1. The fourth-order valence-electron chi connectivity index (χ4n) is 3.71. The number of nitrogens with two attached hydrogens (primary N) is 1. The van der Waals surface area contributed by atoms with Crippen LogP contribution in [-0.4, -0.2) is 23.9 Å². The lowest BCUT2D eigenvalue weighted by Gasteiger charge is -2.21. The van der Waals surface area contributed by atoms with Gasteiger partial charge in [0.15, 0.2) is 0 Å². The van der Waals surface area contributed by atoms with Gasteiger partial charge in [0.05, 0.1) is 13.2 Å². The number of hydrogen-bond donors (Lipinski definition) is 2. The Hall–Kier alpha value is -1.78. The molecule has 0 amide bonds. The van der Waals surface area contributed by atoms with E-state index in [-0.39, 0.29) is 6.61 Å². The van der Waals surface area contributed by atoms with E-state index in [0.29, 0.717) is 12.8 Å². The Bertz CT molecular complexity index is 701. The van der Waals surface area contributed by atoms with Crippen LogP contribution in [0.4, 0.5) is 0 Å². The third-order valence-corrected chi connectivity index (χ3v) is 5.60. The van der Waals surface area contributed by atoms with E-state index >= 15 is 0 Å². The van der Waals surface area contributed by atoms with Gasteiger partial charge in [-0.25, -0.2) is 0 Å². The molecule has 0 saturated heterocycles. The van der Waals surface area contributed by atoms with E-state index in [1.165, 1.54) is 32.1 Å². The van der Waals surface area contributed by atoms with Crippen molar-refractivity contribution < 1.29 is 14.3 Å². The van der Waals surface area contributed by atoms with Gasteiger partial charge in [-0.15, -0.1) is 0 Å². The first-order valence-corrected chi connectivity index (χ1v) is 10.3. The molecule has 1 fully saturated rings. The topological polar surface area (TPSA) is 68.6 Å². The molecule has 2 aromatic rings. The van der Waals surface area contributed by atoms with Crippen LogP contribution in [0.15, 0.2) is 40.8 Å². The second kappa shape index (κ2) is 9.43. The van der Waals surface area contributed by atoms with E-state index < -0.39 is 5.54 Å². The SMILES string of the molecule is C[C@](N)(CO)CCc1ccc(-c2cccc(OCCC3CCCCC3)c2)o1. The quantitative estimate of drug-likeness (QED) is 0.655. The number of benzene rings is 1. The average Bonchev–Trinajstić information content (AvgIpc) is 3.17. The third-order valence-electron chi connectivity index (χ3n) is 5.60. The summed E-state index contributed by atoms with van der Waals surface area (Å²) in [6.07, 6.45) is 9.41. The zero-order valence-corrected chi connectivity index (χ0v) is 16.5. The molecule has 1 aromatic carbocycles. The molecular weight excluding hydrogens is 338 g/mol. The largest absolute Gasteiger partial charge is 0.494 e. The molecule has 0 unspecified atom stereocenters. The monoisotopic (exact) mass is 371 g/mol. The van der Waals surface area contributed by atoms with Gasteiger partial charge in [0, 0.05) is 17.5 Å². The molecule has 0 bridgehead atoms. The summed E-state index contributed by atoms with van der Waals surface area (Å²) in [6, 6.07) is 12.1. The predicted octanol–water partition coefficient (Wildman–Crippen LogP) is 4.94. The van der Waals surface area contributed by atoms with E-state index in [4.69, 9.17) is 14.9 Å². The van der Waals surface area contributed by atoms with Crippen molar-refractivity contribution in [2.45, 2.75) is 63.8 Å². The highest BCUT2D eigenvalue weighted by Crippen LogP contribution is 2.29. The average molecular weight is 372 g/mol. The van der Waals surface area contributed by atoms with Gasteiger partial charge in [-0.3, -0.25) is 0 Å². The summed E-state index contributed by atoms with van der Waals surface area (Å²) in [5, 5.41) is 9.27. The summed E-state index contributed by atoms with van der Waals surface area (Å²) in [5.74, 6) is 3.46. The maximum Gasteiger partial charge on any atom is 0.134 e. The molecule has 0 spiro atoms. The second-order valence-electron chi connectivity index (χ2n) is 8.25. The number of furan rings is 1. The van der Waals surface area contributed by atoms with Crippen molar-refractivity contribution in [1.29, 1.82) is 0 Å². The Labute approximate surface area is 162 Å². The Kier molecular flexibility index (Phi) is 6.97. The molecule has 0 aliphatic heterocycles. The molecule has 148 valence electrons. The molecule has 3 rings (SSSR count). The lowest BCUT2D eigenvalue weighted by atomic mass is 9.87. The lowest BCUT2D eigenvalue weighted by Crippen LogP contribution is -2.40. The first kappa shape index (κ1) is 20.0. The number of ether oxygens (including phenoxy) is 1. The predicted molar refractivity (Wildman–Crippen MR) is 109 cm³/mol. The van der Waals surface area contributed by atoms with E-state index in [2.05, 4.69) is 0 Å². The Morgan fingerprint density at radius 3 is 2.78 bits per heavy atom. The highest BCUT2D eigenvalue weighted by molar-refractivity contribution is 5.59. The lowest BCUT2D eigenvalue weighted by molar-refractivity contribution is 0.199. The first-order chi connectivity index (χ1) is 13.1. The van der Waals surface area contributed by atoms with E-state index in [1.54, 1.807) is 0 Å². The molecule has 1 aliphatic carbocycles. The fourth-order valence-corrected chi connectivity index (χ4v) is 3.71.